The van der Waals surface area contributed by atoms with Crippen molar-refractivity contribution in [1.82, 2.24) is 5.32 Å². The smallest absolute Gasteiger partial charge is 0.257 e. The van der Waals surface area contributed by atoms with Crippen LogP contribution in [0.1, 0.15) is 30.1 Å². The Labute approximate surface area is 113 Å². The van der Waals surface area contributed by atoms with Crippen LogP contribution in [0.25, 0.3) is 0 Å². The molecule has 5 nitrogen and oxygen atoms in total. The van der Waals surface area contributed by atoms with Crippen LogP contribution in [0.3, 0.4) is 0 Å². The molecule has 104 valence electrons. The zero-order valence-corrected chi connectivity index (χ0v) is 11.1. The van der Waals surface area contributed by atoms with Crippen LogP contribution in [-0.2, 0) is 4.74 Å². The van der Waals surface area contributed by atoms with Crippen molar-refractivity contribution in [3.05, 3.63) is 23.8 Å². The third-order valence-electron chi connectivity index (χ3n) is 3.14. The highest BCUT2D eigenvalue weighted by molar-refractivity contribution is 6.02. The average molecular weight is 264 g/mol. The fourth-order valence-electron chi connectivity index (χ4n) is 2.17. The minimum absolute atomic E-state index is 0.148. The third kappa shape index (κ3) is 3.38. The Bertz CT molecular complexity index is 442. The summed E-state index contributed by atoms with van der Waals surface area (Å²) >= 11 is 0. The maximum Gasteiger partial charge on any atom is 0.257 e. The van der Waals surface area contributed by atoms with Crippen LogP contribution in [0.15, 0.2) is 18.2 Å². The van der Waals surface area contributed by atoms with Crippen molar-refractivity contribution in [2.75, 3.05) is 25.6 Å². The Morgan fingerprint density at radius 2 is 2.21 bits per heavy atom. The van der Waals surface area contributed by atoms with Crippen LogP contribution in [0.5, 0.6) is 5.75 Å². The number of carbonyl (C=O) groups is 1. The van der Waals surface area contributed by atoms with Crippen LogP contribution in [-0.4, -0.2) is 31.8 Å². The van der Waals surface area contributed by atoms with Crippen LogP contribution in [0.2, 0.25) is 0 Å². The predicted octanol–water partition coefficient (Wildman–Crippen LogP) is 1.58. The topological polar surface area (TPSA) is 73.6 Å². The molecule has 1 aliphatic heterocycles. The van der Waals surface area contributed by atoms with Gasteiger partial charge in [-0.15, -0.1) is 0 Å². The molecule has 0 aliphatic carbocycles. The maximum absolute atomic E-state index is 12.3. The van der Waals surface area contributed by atoms with Gasteiger partial charge in [0.05, 0.1) is 6.61 Å². The van der Waals surface area contributed by atoms with Crippen molar-refractivity contribution in [3.63, 3.8) is 0 Å². The lowest BCUT2D eigenvalue weighted by molar-refractivity contribution is 0.0695. The summed E-state index contributed by atoms with van der Waals surface area (Å²) in [5, 5.41) is 3.00. The van der Waals surface area contributed by atoms with Crippen molar-refractivity contribution in [2.24, 2.45) is 0 Å². The number of nitrogens with two attached hydrogens (primary N) is 1. The number of benzene rings is 1. The molecule has 0 atom stereocenters. The van der Waals surface area contributed by atoms with Crippen molar-refractivity contribution in [3.8, 4) is 5.75 Å². The molecule has 3 N–H and O–H groups in total. The zero-order valence-electron chi connectivity index (χ0n) is 11.1. The number of rotatable bonds is 4. The van der Waals surface area contributed by atoms with E-state index < -0.39 is 0 Å². The number of anilines is 1. The normalized spacial score (nSPS) is 16.1. The summed E-state index contributed by atoms with van der Waals surface area (Å²) in [5.74, 6) is 0.362. The Morgan fingerprint density at radius 1 is 1.47 bits per heavy atom. The van der Waals surface area contributed by atoms with E-state index in [1.165, 1.54) is 0 Å². The first-order valence-electron chi connectivity index (χ1n) is 6.62. The van der Waals surface area contributed by atoms with Gasteiger partial charge in [0.25, 0.3) is 5.91 Å². The van der Waals surface area contributed by atoms with E-state index in [-0.39, 0.29) is 11.9 Å². The Hall–Kier alpha value is -1.75. The molecule has 1 amide bonds. The third-order valence-corrected chi connectivity index (χ3v) is 3.14. The number of hydrogen-bond donors (Lipinski definition) is 2. The molecule has 1 aromatic rings. The van der Waals surface area contributed by atoms with Crippen LogP contribution in [0, 0.1) is 0 Å². The van der Waals surface area contributed by atoms with Crippen molar-refractivity contribution in [2.45, 2.75) is 25.8 Å². The minimum Gasteiger partial charge on any atom is -0.493 e. The van der Waals surface area contributed by atoms with Crippen LogP contribution in [0.4, 0.5) is 5.69 Å². The fraction of sp³-hybridized carbons (Fsp3) is 0.500. The Kier molecular flexibility index (Phi) is 4.63. The first kappa shape index (κ1) is 13.7. The lowest BCUT2D eigenvalue weighted by Gasteiger charge is -2.23. The molecule has 1 aromatic carbocycles. The molecule has 1 fully saturated rings. The van der Waals surface area contributed by atoms with Gasteiger partial charge in [-0.1, -0.05) is 6.07 Å². The second-order valence-corrected chi connectivity index (χ2v) is 4.51. The lowest BCUT2D eigenvalue weighted by atomic mass is 10.1. The molecule has 1 heterocycles. The monoisotopic (exact) mass is 264 g/mol. The number of ether oxygens (including phenoxy) is 2. The van der Waals surface area contributed by atoms with Gasteiger partial charge < -0.3 is 20.5 Å². The highest BCUT2D eigenvalue weighted by Gasteiger charge is 2.21. The lowest BCUT2D eigenvalue weighted by Crippen LogP contribution is -2.39. The molecule has 0 unspecified atom stereocenters. The van der Waals surface area contributed by atoms with Crippen molar-refractivity contribution < 1.29 is 14.3 Å². The number of amides is 1. The van der Waals surface area contributed by atoms with Gasteiger partial charge in [0.2, 0.25) is 0 Å². The van der Waals surface area contributed by atoms with Crippen LogP contribution < -0.4 is 15.8 Å². The first-order chi connectivity index (χ1) is 9.22. The molecule has 0 aromatic heterocycles. The number of nitrogen functional groups attached to an aromatic ring is 1. The fourth-order valence-corrected chi connectivity index (χ4v) is 2.17. The van der Waals surface area contributed by atoms with Crippen molar-refractivity contribution >= 4 is 11.6 Å². The minimum atomic E-state index is -0.173. The average Bonchev–Trinajstić information content (AvgIpc) is 2.40. The van der Waals surface area contributed by atoms with Gasteiger partial charge in [0.15, 0.2) is 0 Å². The van der Waals surface area contributed by atoms with Gasteiger partial charge in [-0.05, 0) is 31.9 Å². The molecule has 1 aliphatic rings. The molecule has 5 heteroatoms. The van der Waals surface area contributed by atoms with E-state index in [9.17, 15) is 4.79 Å². The van der Waals surface area contributed by atoms with E-state index in [0.717, 1.165) is 12.8 Å². The summed E-state index contributed by atoms with van der Waals surface area (Å²) in [5.41, 5.74) is 6.76. The molecular formula is C14H20N2O3. The zero-order chi connectivity index (χ0) is 13.7. The van der Waals surface area contributed by atoms with Gasteiger partial charge >= 0.3 is 0 Å². The molecule has 0 radical (unpaired) electrons. The van der Waals surface area contributed by atoms with Gasteiger partial charge in [0.1, 0.15) is 11.3 Å². The molecule has 0 spiro atoms. The summed E-state index contributed by atoms with van der Waals surface area (Å²) in [7, 11) is 0. The van der Waals surface area contributed by atoms with E-state index >= 15 is 0 Å². The summed E-state index contributed by atoms with van der Waals surface area (Å²) < 4.78 is 10.7. The van der Waals surface area contributed by atoms with Crippen molar-refractivity contribution in [1.29, 1.82) is 0 Å². The molecule has 2 rings (SSSR count). The number of carbonyl (C=O) groups excluding carboxylic acids is 1. The highest BCUT2D eigenvalue weighted by Crippen LogP contribution is 2.24. The van der Waals surface area contributed by atoms with E-state index in [4.69, 9.17) is 15.2 Å². The second-order valence-electron chi connectivity index (χ2n) is 4.51. The van der Waals surface area contributed by atoms with Gasteiger partial charge in [-0.25, -0.2) is 0 Å². The summed E-state index contributed by atoms with van der Waals surface area (Å²) in [6.07, 6.45) is 1.67. The SMILES string of the molecule is CCOc1cccc(N)c1C(=O)NC1CCOCC1. The van der Waals surface area contributed by atoms with E-state index in [0.29, 0.717) is 36.8 Å². The Balaban J connectivity index is 2.13. The summed E-state index contributed by atoms with van der Waals surface area (Å²) in [6, 6.07) is 5.40. The Morgan fingerprint density at radius 3 is 2.89 bits per heavy atom. The molecule has 1 saturated heterocycles. The van der Waals surface area contributed by atoms with E-state index in [2.05, 4.69) is 5.32 Å². The van der Waals surface area contributed by atoms with Gasteiger partial charge in [-0.2, -0.15) is 0 Å². The quantitative estimate of drug-likeness (QED) is 0.810. The van der Waals surface area contributed by atoms with E-state index in [1.807, 2.05) is 6.92 Å². The molecule has 19 heavy (non-hydrogen) atoms. The second kappa shape index (κ2) is 6.43. The summed E-state index contributed by atoms with van der Waals surface area (Å²) in [6.45, 7) is 3.76. The number of hydrogen-bond acceptors (Lipinski definition) is 4. The molecule has 0 bridgehead atoms. The molecular weight excluding hydrogens is 244 g/mol. The van der Waals surface area contributed by atoms with Gasteiger partial charge in [0, 0.05) is 24.9 Å². The van der Waals surface area contributed by atoms with Gasteiger partial charge in [-0.3, -0.25) is 4.79 Å². The van der Waals surface area contributed by atoms with Crippen LogP contribution >= 0.6 is 0 Å². The standard InChI is InChI=1S/C14H20N2O3/c1-2-19-12-5-3-4-11(15)13(12)14(17)16-10-6-8-18-9-7-10/h3-5,10H,2,6-9,15H2,1H3,(H,16,17). The summed E-state index contributed by atoms with van der Waals surface area (Å²) in [4.78, 5) is 12.3. The first-order valence-corrected chi connectivity index (χ1v) is 6.62. The molecule has 0 saturated carbocycles. The maximum atomic E-state index is 12.3. The largest absolute Gasteiger partial charge is 0.493 e. The van der Waals surface area contributed by atoms with E-state index in [1.54, 1.807) is 18.2 Å². The number of nitrogens with one attached hydrogen (secondary N) is 1. The highest BCUT2D eigenvalue weighted by atomic mass is 16.5. The predicted molar refractivity (Wildman–Crippen MR) is 73.3 cm³/mol.